The summed E-state index contributed by atoms with van der Waals surface area (Å²) in [6, 6.07) is 5.58. The molecule has 0 amide bonds. The summed E-state index contributed by atoms with van der Waals surface area (Å²) < 4.78 is 0. The summed E-state index contributed by atoms with van der Waals surface area (Å²) in [7, 11) is 0. The summed E-state index contributed by atoms with van der Waals surface area (Å²) in [5, 5.41) is 9.92. The van der Waals surface area contributed by atoms with Gasteiger partial charge in [-0.25, -0.2) is 0 Å². The third-order valence-electron chi connectivity index (χ3n) is 3.69. The van der Waals surface area contributed by atoms with Gasteiger partial charge in [-0.3, -0.25) is 4.90 Å². The minimum Gasteiger partial charge on any atom is -0.508 e. The van der Waals surface area contributed by atoms with Crippen LogP contribution >= 0.6 is 0 Å². The Balaban J connectivity index is 2.16. The van der Waals surface area contributed by atoms with E-state index in [1.54, 1.807) is 12.1 Å². The molecule has 1 fully saturated rings. The number of benzene rings is 1. The Hall–Kier alpha value is -1.22. The summed E-state index contributed by atoms with van der Waals surface area (Å²) in [6.07, 6.45) is 5.17. The molecule has 3 heteroatoms. The molecule has 1 aromatic carbocycles. The number of phenolic OH excluding ortho intramolecular Hbond substituents is 1. The average molecular weight is 234 g/mol. The minimum atomic E-state index is 0.247. The van der Waals surface area contributed by atoms with E-state index in [4.69, 9.17) is 5.73 Å². The van der Waals surface area contributed by atoms with E-state index in [9.17, 15) is 5.11 Å². The highest BCUT2D eigenvalue weighted by Crippen LogP contribution is 2.31. The van der Waals surface area contributed by atoms with E-state index in [0.29, 0.717) is 5.75 Å². The molecule has 0 aromatic heterocycles. The first kappa shape index (κ1) is 12.2. The highest BCUT2D eigenvalue weighted by atomic mass is 16.3. The zero-order valence-electron chi connectivity index (χ0n) is 10.5. The standard InChI is InChI=1S/C14H22N2O/c1-11(16-8-4-2-3-5-9-16)13-10-12(15)6-7-14(13)17/h6-7,10-11,17H,2-5,8-9,15H2,1H3. The van der Waals surface area contributed by atoms with Gasteiger partial charge in [-0.1, -0.05) is 12.8 Å². The van der Waals surface area contributed by atoms with Crippen molar-refractivity contribution in [2.75, 3.05) is 18.8 Å². The zero-order chi connectivity index (χ0) is 12.3. The van der Waals surface area contributed by atoms with E-state index < -0.39 is 0 Å². The molecule has 0 radical (unpaired) electrons. The summed E-state index contributed by atoms with van der Waals surface area (Å²) in [4.78, 5) is 2.45. The van der Waals surface area contributed by atoms with Crippen molar-refractivity contribution < 1.29 is 5.11 Å². The minimum absolute atomic E-state index is 0.247. The van der Waals surface area contributed by atoms with E-state index in [0.717, 1.165) is 24.3 Å². The molecule has 1 unspecified atom stereocenters. The lowest BCUT2D eigenvalue weighted by Gasteiger charge is -2.28. The Morgan fingerprint density at radius 2 is 1.82 bits per heavy atom. The van der Waals surface area contributed by atoms with Gasteiger partial charge in [0, 0.05) is 17.3 Å². The van der Waals surface area contributed by atoms with Gasteiger partial charge in [-0.05, 0) is 51.1 Å². The van der Waals surface area contributed by atoms with E-state index in [-0.39, 0.29) is 6.04 Å². The second-order valence-corrected chi connectivity index (χ2v) is 4.94. The van der Waals surface area contributed by atoms with Crippen molar-refractivity contribution in [2.24, 2.45) is 0 Å². The first-order valence-electron chi connectivity index (χ1n) is 6.51. The van der Waals surface area contributed by atoms with Crippen LogP contribution in [-0.2, 0) is 0 Å². The van der Waals surface area contributed by atoms with Gasteiger partial charge in [0.05, 0.1) is 0 Å². The molecule has 2 rings (SSSR count). The quantitative estimate of drug-likeness (QED) is 0.611. The van der Waals surface area contributed by atoms with Gasteiger partial charge in [-0.2, -0.15) is 0 Å². The lowest BCUT2D eigenvalue weighted by molar-refractivity contribution is 0.215. The molecule has 0 bridgehead atoms. The molecule has 1 atom stereocenters. The van der Waals surface area contributed by atoms with E-state index in [1.165, 1.54) is 25.7 Å². The van der Waals surface area contributed by atoms with Gasteiger partial charge in [0.15, 0.2) is 0 Å². The van der Waals surface area contributed by atoms with Crippen LogP contribution in [0.4, 0.5) is 5.69 Å². The Morgan fingerprint density at radius 3 is 2.47 bits per heavy atom. The van der Waals surface area contributed by atoms with Crippen molar-refractivity contribution >= 4 is 5.69 Å². The maximum atomic E-state index is 9.92. The molecule has 1 heterocycles. The third-order valence-corrected chi connectivity index (χ3v) is 3.69. The zero-order valence-corrected chi connectivity index (χ0v) is 10.5. The Bertz CT molecular complexity index is 370. The molecule has 3 N–H and O–H groups in total. The number of hydrogen-bond acceptors (Lipinski definition) is 3. The van der Waals surface area contributed by atoms with Crippen LogP contribution in [0, 0.1) is 0 Å². The van der Waals surface area contributed by atoms with Crippen LogP contribution < -0.4 is 5.73 Å². The summed E-state index contributed by atoms with van der Waals surface area (Å²) in [6.45, 7) is 4.39. The number of nitrogen functional groups attached to an aromatic ring is 1. The smallest absolute Gasteiger partial charge is 0.120 e. The fourth-order valence-corrected chi connectivity index (χ4v) is 2.59. The van der Waals surface area contributed by atoms with Crippen LogP contribution in [0.1, 0.15) is 44.2 Å². The van der Waals surface area contributed by atoms with Crippen molar-refractivity contribution in [1.29, 1.82) is 0 Å². The highest BCUT2D eigenvalue weighted by molar-refractivity contribution is 5.48. The molecule has 1 saturated heterocycles. The molecule has 0 spiro atoms. The van der Waals surface area contributed by atoms with E-state index in [2.05, 4.69) is 11.8 Å². The van der Waals surface area contributed by atoms with Gasteiger partial charge in [-0.15, -0.1) is 0 Å². The van der Waals surface area contributed by atoms with Gasteiger partial charge < -0.3 is 10.8 Å². The van der Waals surface area contributed by atoms with E-state index >= 15 is 0 Å². The van der Waals surface area contributed by atoms with Crippen molar-refractivity contribution in [1.82, 2.24) is 4.90 Å². The molecule has 1 aliphatic heterocycles. The molecular formula is C14H22N2O. The van der Waals surface area contributed by atoms with Crippen molar-refractivity contribution in [3.63, 3.8) is 0 Å². The van der Waals surface area contributed by atoms with Crippen LogP contribution in [0.25, 0.3) is 0 Å². The van der Waals surface area contributed by atoms with Crippen molar-refractivity contribution in [3.05, 3.63) is 23.8 Å². The Labute approximate surface area is 103 Å². The molecule has 17 heavy (non-hydrogen) atoms. The maximum Gasteiger partial charge on any atom is 0.120 e. The second kappa shape index (κ2) is 5.41. The molecule has 1 aromatic rings. The lowest BCUT2D eigenvalue weighted by Crippen LogP contribution is -2.28. The molecule has 1 aliphatic rings. The predicted molar refractivity (Wildman–Crippen MR) is 71.0 cm³/mol. The molecule has 3 nitrogen and oxygen atoms in total. The van der Waals surface area contributed by atoms with Gasteiger partial charge in [0.25, 0.3) is 0 Å². The van der Waals surface area contributed by atoms with Crippen molar-refractivity contribution in [3.8, 4) is 5.75 Å². The van der Waals surface area contributed by atoms with Gasteiger partial charge >= 0.3 is 0 Å². The monoisotopic (exact) mass is 234 g/mol. The van der Waals surface area contributed by atoms with Gasteiger partial charge in [0.1, 0.15) is 5.75 Å². The summed E-state index contributed by atoms with van der Waals surface area (Å²) in [5.41, 5.74) is 7.47. The van der Waals surface area contributed by atoms with Crippen LogP contribution in [-0.4, -0.2) is 23.1 Å². The molecule has 0 aliphatic carbocycles. The number of phenols is 1. The van der Waals surface area contributed by atoms with E-state index in [1.807, 2.05) is 6.07 Å². The number of anilines is 1. The predicted octanol–water partition coefficient (Wildman–Crippen LogP) is 2.91. The number of nitrogens with two attached hydrogens (primary N) is 1. The first-order valence-corrected chi connectivity index (χ1v) is 6.51. The normalized spacial score (nSPS) is 19.8. The Kier molecular flexibility index (Phi) is 3.89. The summed E-state index contributed by atoms with van der Waals surface area (Å²) in [5.74, 6) is 0.357. The number of rotatable bonds is 2. The largest absolute Gasteiger partial charge is 0.508 e. The fraction of sp³-hybridized carbons (Fsp3) is 0.571. The summed E-state index contributed by atoms with van der Waals surface area (Å²) >= 11 is 0. The molecular weight excluding hydrogens is 212 g/mol. The fourth-order valence-electron chi connectivity index (χ4n) is 2.59. The topological polar surface area (TPSA) is 49.5 Å². The molecule has 94 valence electrons. The van der Waals surface area contributed by atoms with Crippen LogP contribution in [0.2, 0.25) is 0 Å². The number of aromatic hydroxyl groups is 1. The Morgan fingerprint density at radius 1 is 1.18 bits per heavy atom. The van der Waals surface area contributed by atoms with Crippen molar-refractivity contribution in [2.45, 2.75) is 38.6 Å². The van der Waals surface area contributed by atoms with Gasteiger partial charge in [0.2, 0.25) is 0 Å². The lowest BCUT2D eigenvalue weighted by atomic mass is 10.0. The van der Waals surface area contributed by atoms with Crippen LogP contribution in [0.5, 0.6) is 5.75 Å². The SMILES string of the molecule is CC(c1cc(N)ccc1O)N1CCCCCC1. The second-order valence-electron chi connectivity index (χ2n) is 4.94. The van der Waals surface area contributed by atoms with Crippen LogP contribution in [0.3, 0.4) is 0 Å². The number of nitrogens with zero attached hydrogens (tertiary/aromatic N) is 1. The first-order chi connectivity index (χ1) is 8.18. The number of hydrogen-bond donors (Lipinski definition) is 2. The average Bonchev–Trinajstić information content (AvgIpc) is 2.60. The maximum absolute atomic E-state index is 9.92. The number of likely N-dealkylation sites (tertiary alicyclic amines) is 1. The molecule has 0 saturated carbocycles. The third kappa shape index (κ3) is 2.91. The highest BCUT2D eigenvalue weighted by Gasteiger charge is 2.19. The van der Waals surface area contributed by atoms with Crippen LogP contribution in [0.15, 0.2) is 18.2 Å².